The predicted molar refractivity (Wildman–Crippen MR) is 203 cm³/mol. The fraction of sp³-hybridized carbons (Fsp3) is 0.0652. The second-order valence-corrected chi connectivity index (χ2v) is 12.9. The lowest BCUT2D eigenvalue weighted by molar-refractivity contribution is 0.741. The Morgan fingerprint density at radius 3 is 2.29 bits per heavy atom. The molecule has 0 amide bonds. The van der Waals surface area contributed by atoms with Crippen molar-refractivity contribution in [1.29, 1.82) is 15.8 Å². The number of para-hydroxylation sites is 3. The molecule has 2 aliphatic carbocycles. The van der Waals surface area contributed by atoms with Gasteiger partial charge >= 0.3 is 0 Å². The van der Waals surface area contributed by atoms with E-state index in [-0.39, 0.29) is 12.0 Å². The molecule has 1 aromatic heterocycles. The Hall–Kier alpha value is -7.13. The number of nitrogens with zero attached hydrogens (tertiary/aromatic N) is 5. The number of hydrogen-bond donors (Lipinski definition) is 0. The molecule has 3 aliphatic rings. The summed E-state index contributed by atoms with van der Waals surface area (Å²) in [7, 11) is 0. The largest absolute Gasteiger partial charge is 0.332 e. The minimum Gasteiger partial charge on any atom is -0.332 e. The van der Waals surface area contributed by atoms with E-state index in [1.807, 2.05) is 66.7 Å². The van der Waals surface area contributed by atoms with Gasteiger partial charge in [0, 0.05) is 45.8 Å². The molecule has 2 heterocycles. The third kappa shape index (κ3) is 4.67. The Morgan fingerprint density at radius 2 is 1.43 bits per heavy atom. The monoisotopic (exact) mass is 651 g/mol. The van der Waals surface area contributed by atoms with Crippen molar-refractivity contribution >= 4 is 28.4 Å². The van der Waals surface area contributed by atoms with E-state index in [1.165, 1.54) is 0 Å². The second-order valence-electron chi connectivity index (χ2n) is 12.9. The molecular formula is C46H29N5. The fourth-order valence-corrected chi connectivity index (χ4v) is 8.14. The van der Waals surface area contributed by atoms with Crippen LogP contribution in [0, 0.1) is 34.0 Å². The molecule has 0 saturated heterocycles. The molecule has 0 saturated carbocycles. The van der Waals surface area contributed by atoms with Crippen molar-refractivity contribution in [3.8, 4) is 46.1 Å². The molecule has 5 aromatic carbocycles. The van der Waals surface area contributed by atoms with Crippen molar-refractivity contribution in [3.63, 3.8) is 0 Å². The van der Waals surface area contributed by atoms with Crippen LogP contribution in [0.15, 0.2) is 151 Å². The molecule has 0 N–H and O–H groups in total. The molecule has 5 nitrogen and oxygen atoms in total. The highest BCUT2D eigenvalue weighted by Gasteiger charge is 2.39. The molecular weight excluding hydrogens is 623 g/mol. The van der Waals surface area contributed by atoms with E-state index < -0.39 is 0 Å². The average molecular weight is 652 g/mol. The Kier molecular flexibility index (Phi) is 7.10. The van der Waals surface area contributed by atoms with E-state index in [2.05, 4.69) is 113 Å². The van der Waals surface area contributed by atoms with Gasteiger partial charge in [0.25, 0.3) is 0 Å². The minimum absolute atomic E-state index is 0.0180. The van der Waals surface area contributed by atoms with Crippen molar-refractivity contribution in [1.82, 2.24) is 4.57 Å². The zero-order chi connectivity index (χ0) is 34.5. The first kappa shape index (κ1) is 30.0. The van der Waals surface area contributed by atoms with E-state index in [0.29, 0.717) is 16.7 Å². The van der Waals surface area contributed by atoms with Crippen LogP contribution in [0.4, 0.5) is 11.4 Å². The van der Waals surface area contributed by atoms with Crippen LogP contribution >= 0.6 is 0 Å². The number of allylic oxidation sites excluding steroid dienone is 5. The summed E-state index contributed by atoms with van der Waals surface area (Å²) in [6, 6.07) is 44.2. The van der Waals surface area contributed by atoms with E-state index in [9.17, 15) is 15.8 Å². The van der Waals surface area contributed by atoms with Crippen LogP contribution in [0.5, 0.6) is 0 Å². The van der Waals surface area contributed by atoms with E-state index in [1.54, 1.807) is 0 Å². The Morgan fingerprint density at radius 1 is 0.647 bits per heavy atom. The lowest BCUT2D eigenvalue weighted by Gasteiger charge is -2.30. The molecule has 6 aromatic rings. The summed E-state index contributed by atoms with van der Waals surface area (Å²) in [5.41, 5.74) is 12.8. The molecule has 51 heavy (non-hydrogen) atoms. The Bertz CT molecular complexity index is 2680. The van der Waals surface area contributed by atoms with Crippen LogP contribution in [0.1, 0.15) is 33.9 Å². The lowest BCUT2D eigenvalue weighted by Crippen LogP contribution is -2.29. The van der Waals surface area contributed by atoms with Gasteiger partial charge in [-0.2, -0.15) is 15.8 Å². The number of anilines is 2. The molecule has 0 bridgehead atoms. The quantitative estimate of drug-likeness (QED) is 0.190. The van der Waals surface area contributed by atoms with Crippen LogP contribution in [-0.4, -0.2) is 10.6 Å². The number of nitriles is 3. The Labute approximate surface area is 296 Å². The highest BCUT2D eigenvalue weighted by atomic mass is 15.2. The van der Waals surface area contributed by atoms with E-state index >= 15 is 0 Å². The predicted octanol–water partition coefficient (Wildman–Crippen LogP) is 10.5. The second kappa shape index (κ2) is 12.1. The van der Waals surface area contributed by atoms with Gasteiger partial charge in [0.1, 0.15) is 12.1 Å². The van der Waals surface area contributed by atoms with Gasteiger partial charge in [0.05, 0.1) is 40.1 Å². The van der Waals surface area contributed by atoms with Gasteiger partial charge in [-0.25, -0.2) is 0 Å². The van der Waals surface area contributed by atoms with E-state index in [4.69, 9.17) is 0 Å². The molecule has 2 atom stereocenters. The lowest BCUT2D eigenvalue weighted by atomic mass is 9.88. The van der Waals surface area contributed by atoms with Gasteiger partial charge in [-0.05, 0) is 58.7 Å². The van der Waals surface area contributed by atoms with Crippen LogP contribution in [0.2, 0.25) is 0 Å². The highest BCUT2D eigenvalue weighted by molar-refractivity contribution is 5.97. The summed E-state index contributed by atoms with van der Waals surface area (Å²) < 4.78 is 2.27. The van der Waals surface area contributed by atoms with Crippen molar-refractivity contribution < 1.29 is 0 Å². The minimum atomic E-state index is -0.0442. The summed E-state index contributed by atoms with van der Waals surface area (Å²) in [6.07, 6.45) is 15.2. The van der Waals surface area contributed by atoms with Crippen LogP contribution in [-0.2, 0) is 6.42 Å². The maximum atomic E-state index is 10.6. The number of benzene rings is 5. The van der Waals surface area contributed by atoms with Crippen molar-refractivity contribution in [2.75, 3.05) is 4.90 Å². The van der Waals surface area contributed by atoms with Gasteiger partial charge in [-0.3, -0.25) is 0 Å². The topological polar surface area (TPSA) is 79.5 Å². The number of rotatable bonds is 4. The molecule has 0 radical (unpaired) electrons. The zero-order valence-corrected chi connectivity index (χ0v) is 27.5. The van der Waals surface area contributed by atoms with Crippen molar-refractivity contribution in [3.05, 3.63) is 179 Å². The van der Waals surface area contributed by atoms with Crippen LogP contribution < -0.4 is 4.90 Å². The first-order valence-corrected chi connectivity index (χ1v) is 17.0. The van der Waals surface area contributed by atoms with Gasteiger partial charge in [-0.15, -0.1) is 0 Å². The molecule has 0 fully saturated rings. The van der Waals surface area contributed by atoms with Crippen molar-refractivity contribution in [2.24, 2.45) is 0 Å². The number of aromatic nitrogens is 1. The maximum Gasteiger partial charge on any atom is 0.101 e. The summed E-state index contributed by atoms with van der Waals surface area (Å²) >= 11 is 0. The molecule has 1 aliphatic heterocycles. The average Bonchev–Trinajstić information content (AvgIpc) is 3.56. The van der Waals surface area contributed by atoms with Gasteiger partial charge in [0.15, 0.2) is 0 Å². The standard InChI is InChI=1S/C46H29N5/c47-27-30-21-23-45-40(25-30)38-16-7-8-19-42(38)50(45)41-24-22-31(26-33(41)29-49)34-12-4-5-13-35(34)39-17-10-11-32(28-48)46(39)51-43-18-3-1-2-14-36(43)37-15-6-9-20-44(37)51/h1-17,19-26,40,45H,18H2. The molecule has 0 spiro atoms. The smallest absolute Gasteiger partial charge is 0.101 e. The molecule has 9 rings (SSSR count). The fourth-order valence-electron chi connectivity index (χ4n) is 8.14. The van der Waals surface area contributed by atoms with Gasteiger partial charge in [0.2, 0.25) is 0 Å². The highest BCUT2D eigenvalue weighted by Crippen LogP contribution is 2.50. The third-order valence-electron chi connectivity index (χ3n) is 10.3. The SMILES string of the molecule is N#CC1=CC2c3ccccc3N(c3ccc(-c4ccccc4-c4cccc(C#N)c4-n4c5c(c6ccccc64)C=CC=CC5)cc3C#N)C2C=C1. The number of hydrogen-bond acceptors (Lipinski definition) is 4. The molecule has 238 valence electrons. The van der Waals surface area contributed by atoms with Crippen molar-refractivity contribution in [2.45, 2.75) is 18.4 Å². The third-order valence-corrected chi connectivity index (χ3v) is 10.3. The van der Waals surface area contributed by atoms with Crippen LogP contribution in [0.3, 0.4) is 0 Å². The summed E-state index contributed by atoms with van der Waals surface area (Å²) in [5, 5.41) is 31.9. The Balaban J connectivity index is 1.21. The van der Waals surface area contributed by atoms with Gasteiger partial charge < -0.3 is 9.47 Å². The first-order chi connectivity index (χ1) is 25.2. The summed E-state index contributed by atoms with van der Waals surface area (Å²) in [6.45, 7) is 0. The van der Waals surface area contributed by atoms with E-state index in [0.717, 1.165) is 73.5 Å². The van der Waals surface area contributed by atoms with Gasteiger partial charge in [-0.1, -0.05) is 115 Å². The summed E-state index contributed by atoms with van der Waals surface area (Å²) in [4.78, 5) is 2.23. The molecule has 5 heteroatoms. The molecule has 2 unspecified atom stereocenters. The zero-order valence-electron chi connectivity index (χ0n) is 27.5. The number of fused-ring (bicyclic) bond motifs is 6. The van der Waals surface area contributed by atoms with Crippen LogP contribution in [0.25, 0.3) is 44.9 Å². The first-order valence-electron chi connectivity index (χ1n) is 17.0. The normalized spacial score (nSPS) is 16.7. The summed E-state index contributed by atoms with van der Waals surface area (Å²) in [5.74, 6) is 0.0180. The maximum absolute atomic E-state index is 10.6.